The monoisotopic (exact) mass is 218 g/mol. The number of hydrogen-bond acceptors (Lipinski definition) is 1. The van der Waals surface area contributed by atoms with Crippen molar-refractivity contribution in [3.63, 3.8) is 0 Å². The number of aryl methyl sites for hydroxylation is 1. The normalized spacial score (nSPS) is 12.2. The summed E-state index contributed by atoms with van der Waals surface area (Å²) in [6.45, 7) is 6.65. The number of rotatable bonds is 1. The molecule has 0 aliphatic carbocycles. The number of aromatic nitrogens is 2. The number of imidazole rings is 1. The maximum atomic E-state index is 11.4. The molecule has 0 amide bonds. The quantitative estimate of drug-likeness (QED) is 0.784. The molecule has 1 aromatic heterocycles. The number of benzene rings is 1. The van der Waals surface area contributed by atoms with Gasteiger partial charge in [0.25, 0.3) is 0 Å². The highest BCUT2D eigenvalue weighted by atomic mass is 16.1. The molecule has 0 atom stereocenters. The van der Waals surface area contributed by atoms with Gasteiger partial charge in [-0.05, 0) is 29.5 Å². The van der Waals surface area contributed by atoms with Crippen LogP contribution in [0, 0.1) is 5.41 Å². The predicted octanol–water partition coefficient (Wildman–Crippen LogP) is 2.46. The van der Waals surface area contributed by atoms with Crippen molar-refractivity contribution in [3.8, 4) is 0 Å². The zero-order valence-electron chi connectivity index (χ0n) is 10.3. The minimum absolute atomic E-state index is 0.0529. The molecule has 2 aromatic rings. The molecule has 1 aromatic carbocycles. The van der Waals surface area contributed by atoms with Gasteiger partial charge in [-0.3, -0.25) is 4.57 Å². The van der Waals surface area contributed by atoms with Crippen LogP contribution in [-0.2, 0) is 13.5 Å². The number of H-pyrrole nitrogens is 1. The maximum absolute atomic E-state index is 11.4. The highest BCUT2D eigenvalue weighted by molar-refractivity contribution is 5.75. The third-order valence-corrected chi connectivity index (χ3v) is 2.70. The summed E-state index contributed by atoms with van der Waals surface area (Å²) in [5.74, 6) is 0. The minimum Gasteiger partial charge on any atom is -0.306 e. The predicted molar refractivity (Wildman–Crippen MR) is 66.7 cm³/mol. The number of nitrogens with one attached hydrogen (secondary N) is 1. The fourth-order valence-corrected chi connectivity index (χ4v) is 1.99. The van der Waals surface area contributed by atoms with Crippen LogP contribution in [0.1, 0.15) is 26.3 Å². The van der Waals surface area contributed by atoms with E-state index >= 15 is 0 Å². The smallest absolute Gasteiger partial charge is 0.306 e. The van der Waals surface area contributed by atoms with Crippen molar-refractivity contribution in [3.05, 3.63) is 34.2 Å². The summed E-state index contributed by atoms with van der Waals surface area (Å²) < 4.78 is 1.65. The molecule has 1 N–H and O–H groups in total. The Balaban J connectivity index is 2.51. The van der Waals surface area contributed by atoms with E-state index in [0.717, 1.165) is 17.5 Å². The van der Waals surface area contributed by atoms with Gasteiger partial charge in [-0.15, -0.1) is 0 Å². The van der Waals surface area contributed by atoms with E-state index in [-0.39, 0.29) is 11.1 Å². The van der Waals surface area contributed by atoms with Gasteiger partial charge in [0.2, 0.25) is 0 Å². The summed E-state index contributed by atoms with van der Waals surface area (Å²) in [7, 11) is 1.79. The van der Waals surface area contributed by atoms with Crippen LogP contribution in [0.25, 0.3) is 11.0 Å². The van der Waals surface area contributed by atoms with Crippen LogP contribution >= 0.6 is 0 Å². The average molecular weight is 218 g/mol. The molecule has 0 saturated heterocycles. The van der Waals surface area contributed by atoms with Gasteiger partial charge in [-0.1, -0.05) is 26.8 Å². The topological polar surface area (TPSA) is 37.8 Å². The molecule has 16 heavy (non-hydrogen) atoms. The van der Waals surface area contributed by atoms with Crippen molar-refractivity contribution in [2.45, 2.75) is 27.2 Å². The van der Waals surface area contributed by atoms with Crippen molar-refractivity contribution < 1.29 is 0 Å². The van der Waals surface area contributed by atoms with Crippen LogP contribution in [0.3, 0.4) is 0 Å². The van der Waals surface area contributed by atoms with Gasteiger partial charge in [0, 0.05) is 7.05 Å². The fraction of sp³-hybridized carbons (Fsp3) is 0.462. The standard InChI is InChI=1S/C13H18N2O/c1-13(2,3)8-9-5-6-10-11(7-9)15(4)12(16)14-10/h5-7H,8H2,1-4H3,(H,14,16). The van der Waals surface area contributed by atoms with Gasteiger partial charge in [0.15, 0.2) is 0 Å². The highest BCUT2D eigenvalue weighted by Crippen LogP contribution is 2.22. The molecule has 0 saturated carbocycles. The molecular formula is C13H18N2O. The Hall–Kier alpha value is -1.51. The maximum Gasteiger partial charge on any atom is 0.326 e. The molecule has 0 bridgehead atoms. The molecule has 0 spiro atoms. The van der Waals surface area contributed by atoms with Crippen molar-refractivity contribution >= 4 is 11.0 Å². The third-order valence-electron chi connectivity index (χ3n) is 2.70. The van der Waals surface area contributed by atoms with Gasteiger partial charge in [0.05, 0.1) is 11.0 Å². The van der Waals surface area contributed by atoms with E-state index in [0.29, 0.717) is 0 Å². The summed E-state index contributed by atoms with van der Waals surface area (Å²) in [6.07, 6.45) is 1.02. The molecule has 0 radical (unpaired) electrons. The van der Waals surface area contributed by atoms with Gasteiger partial charge in [-0.2, -0.15) is 0 Å². The lowest BCUT2D eigenvalue weighted by atomic mass is 9.88. The summed E-state index contributed by atoms with van der Waals surface area (Å²) in [5, 5.41) is 0. The average Bonchev–Trinajstić information content (AvgIpc) is 2.42. The Bertz CT molecular complexity index is 570. The lowest BCUT2D eigenvalue weighted by molar-refractivity contribution is 0.411. The van der Waals surface area contributed by atoms with Gasteiger partial charge >= 0.3 is 5.69 Å². The second-order valence-corrected chi connectivity index (χ2v) is 5.58. The SMILES string of the molecule is Cn1c(=O)[nH]c2ccc(CC(C)(C)C)cc21. The van der Waals surface area contributed by atoms with E-state index in [1.807, 2.05) is 6.07 Å². The highest BCUT2D eigenvalue weighted by Gasteiger charge is 2.12. The lowest BCUT2D eigenvalue weighted by Crippen LogP contribution is -2.12. The molecule has 1 heterocycles. The first kappa shape index (κ1) is 11.0. The van der Waals surface area contributed by atoms with Crippen molar-refractivity contribution in [1.29, 1.82) is 0 Å². The summed E-state index contributed by atoms with van der Waals surface area (Å²) >= 11 is 0. The van der Waals surface area contributed by atoms with Gasteiger partial charge in [0.1, 0.15) is 0 Å². The van der Waals surface area contributed by atoms with E-state index in [9.17, 15) is 4.79 Å². The van der Waals surface area contributed by atoms with E-state index in [1.54, 1.807) is 11.6 Å². The second kappa shape index (κ2) is 3.51. The molecule has 86 valence electrons. The zero-order valence-corrected chi connectivity index (χ0v) is 10.3. The van der Waals surface area contributed by atoms with Crippen LogP contribution in [0.15, 0.2) is 23.0 Å². The Labute approximate surface area is 95.1 Å². The molecule has 0 aliphatic heterocycles. The Morgan fingerprint density at radius 3 is 2.62 bits per heavy atom. The van der Waals surface area contributed by atoms with Crippen LogP contribution in [0.4, 0.5) is 0 Å². The first-order valence-corrected chi connectivity index (χ1v) is 5.54. The molecule has 0 aliphatic rings. The third kappa shape index (κ3) is 2.03. The molecule has 0 unspecified atom stereocenters. The van der Waals surface area contributed by atoms with Crippen molar-refractivity contribution in [1.82, 2.24) is 9.55 Å². The van der Waals surface area contributed by atoms with E-state index in [4.69, 9.17) is 0 Å². The number of nitrogens with zero attached hydrogens (tertiary/aromatic N) is 1. The Morgan fingerprint density at radius 1 is 1.31 bits per heavy atom. The molecule has 2 rings (SSSR count). The second-order valence-electron chi connectivity index (χ2n) is 5.58. The number of hydrogen-bond donors (Lipinski definition) is 1. The zero-order chi connectivity index (χ0) is 11.9. The summed E-state index contributed by atoms with van der Waals surface area (Å²) in [6, 6.07) is 6.17. The molecule has 0 fully saturated rings. The number of fused-ring (bicyclic) bond motifs is 1. The first-order chi connectivity index (χ1) is 7.37. The summed E-state index contributed by atoms with van der Waals surface area (Å²) in [4.78, 5) is 14.3. The molecular weight excluding hydrogens is 200 g/mol. The van der Waals surface area contributed by atoms with E-state index in [2.05, 4.69) is 37.9 Å². The van der Waals surface area contributed by atoms with E-state index < -0.39 is 0 Å². The lowest BCUT2D eigenvalue weighted by Gasteiger charge is -2.18. The van der Waals surface area contributed by atoms with Crippen molar-refractivity contribution in [2.24, 2.45) is 12.5 Å². The van der Waals surface area contributed by atoms with Crippen LogP contribution in [0.2, 0.25) is 0 Å². The van der Waals surface area contributed by atoms with Crippen molar-refractivity contribution in [2.75, 3.05) is 0 Å². The van der Waals surface area contributed by atoms with Crippen LogP contribution in [-0.4, -0.2) is 9.55 Å². The van der Waals surface area contributed by atoms with Crippen LogP contribution in [0.5, 0.6) is 0 Å². The Morgan fingerprint density at radius 2 is 2.00 bits per heavy atom. The van der Waals surface area contributed by atoms with Gasteiger partial charge in [-0.25, -0.2) is 4.79 Å². The Kier molecular flexibility index (Phi) is 2.41. The van der Waals surface area contributed by atoms with Crippen LogP contribution < -0.4 is 5.69 Å². The number of aromatic amines is 1. The fourth-order valence-electron chi connectivity index (χ4n) is 1.99. The largest absolute Gasteiger partial charge is 0.326 e. The summed E-state index contributed by atoms with van der Waals surface area (Å²) in [5.41, 5.74) is 3.37. The first-order valence-electron chi connectivity index (χ1n) is 5.54. The van der Waals surface area contributed by atoms with Gasteiger partial charge < -0.3 is 4.98 Å². The van der Waals surface area contributed by atoms with E-state index in [1.165, 1.54) is 5.56 Å². The minimum atomic E-state index is -0.0529. The molecule has 3 heteroatoms. The molecule has 3 nitrogen and oxygen atoms in total.